The Morgan fingerprint density at radius 1 is 1.43 bits per heavy atom. The SMILES string of the molecule is CCOc1ccc(Cl)cc1CCN=C(N)N1CCOCC1. The lowest BCUT2D eigenvalue weighted by molar-refractivity contribution is 0.0674. The number of guanidine groups is 1. The highest BCUT2D eigenvalue weighted by Gasteiger charge is 2.12. The predicted octanol–water partition coefficient (Wildman–Crippen LogP) is 1.93. The van der Waals surface area contributed by atoms with Crippen molar-refractivity contribution in [2.45, 2.75) is 13.3 Å². The molecule has 5 nitrogen and oxygen atoms in total. The van der Waals surface area contributed by atoms with Crippen LogP contribution in [-0.4, -0.2) is 50.3 Å². The third-order valence-electron chi connectivity index (χ3n) is 3.31. The van der Waals surface area contributed by atoms with Crippen molar-refractivity contribution in [1.29, 1.82) is 0 Å². The summed E-state index contributed by atoms with van der Waals surface area (Å²) in [6.07, 6.45) is 0.751. The molecule has 0 atom stereocenters. The minimum atomic E-state index is 0.582. The maximum atomic E-state index is 6.04. The van der Waals surface area contributed by atoms with Crippen LogP contribution in [0.15, 0.2) is 23.2 Å². The quantitative estimate of drug-likeness (QED) is 0.667. The first kappa shape index (κ1) is 15.9. The van der Waals surface area contributed by atoms with E-state index in [9.17, 15) is 0 Å². The summed E-state index contributed by atoms with van der Waals surface area (Å²) in [7, 11) is 0. The zero-order chi connectivity index (χ0) is 15.1. The number of aliphatic imine (C=N–C) groups is 1. The van der Waals surface area contributed by atoms with Crippen LogP contribution >= 0.6 is 11.6 Å². The molecule has 1 heterocycles. The first-order valence-electron chi connectivity index (χ1n) is 7.24. The Bertz CT molecular complexity index is 488. The number of hydrogen-bond donors (Lipinski definition) is 1. The van der Waals surface area contributed by atoms with Crippen LogP contribution in [0.1, 0.15) is 12.5 Å². The van der Waals surface area contributed by atoms with Crippen LogP contribution in [0.3, 0.4) is 0 Å². The van der Waals surface area contributed by atoms with Gasteiger partial charge >= 0.3 is 0 Å². The topological polar surface area (TPSA) is 60.1 Å². The molecule has 0 radical (unpaired) electrons. The van der Waals surface area contributed by atoms with Crippen molar-refractivity contribution >= 4 is 17.6 Å². The lowest BCUT2D eigenvalue weighted by Gasteiger charge is -2.27. The Kier molecular flexibility index (Phi) is 6.14. The van der Waals surface area contributed by atoms with Crippen LogP contribution in [0, 0.1) is 0 Å². The van der Waals surface area contributed by atoms with E-state index in [2.05, 4.69) is 4.99 Å². The van der Waals surface area contributed by atoms with Crippen LogP contribution in [0.5, 0.6) is 5.75 Å². The molecule has 1 fully saturated rings. The first-order chi connectivity index (χ1) is 10.2. The number of halogens is 1. The Morgan fingerprint density at radius 2 is 2.19 bits per heavy atom. The van der Waals surface area contributed by atoms with Crippen LogP contribution in [0.2, 0.25) is 5.02 Å². The minimum Gasteiger partial charge on any atom is -0.494 e. The number of rotatable bonds is 5. The van der Waals surface area contributed by atoms with Crippen molar-refractivity contribution in [1.82, 2.24) is 4.90 Å². The molecule has 0 amide bonds. The fourth-order valence-electron chi connectivity index (χ4n) is 2.22. The fourth-order valence-corrected chi connectivity index (χ4v) is 2.42. The first-order valence-corrected chi connectivity index (χ1v) is 7.62. The highest BCUT2D eigenvalue weighted by molar-refractivity contribution is 6.30. The minimum absolute atomic E-state index is 0.582. The molecule has 1 saturated heterocycles. The van der Waals surface area contributed by atoms with E-state index < -0.39 is 0 Å². The Labute approximate surface area is 130 Å². The van der Waals surface area contributed by atoms with Crippen LogP contribution in [0.25, 0.3) is 0 Å². The Morgan fingerprint density at radius 3 is 2.90 bits per heavy atom. The lowest BCUT2D eigenvalue weighted by atomic mass is 10.1. The molecule has 1 aliphatic rings. The van der Waals surface area contributed by atoms with Gasteiger partial charge in [-0.25, -0.2) is 0 Å². The second kappa shape index (κ2) is 8.10. The molecule has 6 heteroatoms. The molecule has 2 N–H and O–H groups in total. The average Bonchev–Trinajstić information content (AvgIpc) is 2.51. The number of morpholine rings is 1. The van der Waals surface area contributed by atoms with E-state index in [1.165, 1.54) is 0 Å². The molecule has 0 saturated carbocycles. The van der Waals surface area contributed by atoms with Gasteiger partial charge < -0.3 is 20.1 Å². The number of benzene rings is 1. The van der Waals surface area contributed by atoms with Crippen LogP contribution in [-0.2, 0) is 11.2 Å². The second-order valence-electron chi connectivity index (χ2n) is 4.77. The summed E-state index contributed by atoms with van der Waals surface area (Å²) < 4.78 is 10.9. The van der Waals surface area contributed by atoms with Gasteiger partial charge in [-0.05, 0) is 37.1 Å². The summed E-state index contributed by atoms with van der Waals surface area (Å²) in [4.78, 5) is 6.49. The van der Waals surface area contributed by atoms with Gasteiger partial charge in [0.15, 0.2) is 5.96 Å². The van der Waals surface area contributed by atoms with Crippen molar-refractivity contribution in [3.05, 3.63) is 28.8 Å². The summed E-state index contributed by atoms with van der Waals surface area (Å²) in [5, 5.41) is 0.707. The van der Waals surface area contributed by atoms with E-state index in [-0.39, 0.29) is 0 Å². The number of nitrogens with two attached hydrogens (primary N) is 1. The Hall–Kier alpha value is -1.46. The van der Waals surface area contributed by atoms with E-state index in [0.29, 0.717) is 37.3 Å². The lowest BCUT2D eigenvalue weighted by Crippen LogP contribution is -2.44. The fraction of sp³-hybridized carbons (Fsp3) is 0.533. The van der Waals surface area contributed by atoms with Crippen molar-refractivity contribution < 1.29 is 9.47 Å². The molecule has 1 aliphatic heterocycles. The van der Waals surface area contributed by atoms with E-state index in [1.54, 1.807) is 0 Å². The highest BCUT2D eigenvalue weighted by Crippen LogP contribution is 2.23. The molecule has 0 unspecified atom stereocenters. The van der Waals surface area contributed by atoms with E-state index in [1.807, 2.05) is 30.0 Å². The van der Waals surface area contributed by atoms with E-state index in [4.69, 9.17) is 26.8 Å². The maximum Gasteiger partial charge on any atom is 0.191 e. The number of nitrogens with zero attached hydrogens (tertiary/aromatic N) is 2. The van der Waals surface area contributed by atoms with Crippen LogP contribution < -0.4 is 10.5 Å². The second-order valence-corrected chi connectivity index (χ2v) is 5.21. The van der Waals surface area contributed by atoms with Gasteiger partial charge in [-0.1, -0.05) is 11.6 Å². The van der Waals surface area contributed by atoms with Crippen LogP contribution in [0.4, 0.5) is 0 Å². The molecule has 116 valence electrons. The standard InChI is InChI=1S/C15H22ClN3O2/c1-2-21-14-4-3-13(16)11-12(14)5-6-18-15(17)19-7-9-20-10-8-19/h3-4,11H,2,5-10H2,1H3,(H2,17,18). The van der Waals surface area contributed by atoms with Gasteiger partial charge in [0, 0.05) is 24.7 Å². The smallest absolute Gasteiger partial charge is 0.191 e. The molecule has 21 heavy (non-hydrogen) atoms. The van der Waals surface area contributed by atoms with Gasteiger partial charge in [-0.15, -0.1) is 0 Å². The van der Waals surface area contributed by atoms with Crippen molar-refractivity contribution in [2.75, 3.05) is 39.5 Å². The average molecular weight is 312 g/mol. The number of ether oxygens (including phenoxy) is 2. The van der Waals surface area contributed by atoms with Gasteiger partial charge in [-0.3, -0.25) is 4.99 Å². The Balaban J connectivity index is 1.94. The monoisotopic (exact) mass is 311 g/mol. The molecule has 0 aliphatic carbocycles. The summed E-state index contributed by atoms with van der Waals surface area (Å²) in [6.45, 7) is 6.23. The van der Waals surface area contributed by atoms with Gasteiger partial charge in [0.25, 0.3) is 0 Å². The molecule has 0 spiro atoms. The normalized spacial score (nSPS) is 16.1. The van der Waals surface area contributed by atoms with Crippen molar-refractivity contribution in [2.24, 2.45) is 10.7 Å². The molecule has 1 aromatic carbocycles. The predicted molar refractivity (Wildman–Crippen MR) is 85.2 cm³/mol. The zero-order valence-corrected chi connectivity index (χ0v) is 13.1. The number of hydrogen-bond acceptors (Lipinski definition) is 3. The molecular formula is C15H22ClN3O2. The third-order valence-corrected chi connectivity index (χ3v) is 3.55. The van der Waals surface area contributed by atoms with Crippen molar-refractivity contribution in [3.8, 4) is 5.75 Å². The summed E-state index contributed by atoms with van der Waals surface area (Å²) in [5.41, 5.74) is 7.06. The molecule has 2 rings (SSSR count). The summed E-state index contributed by atoms with van der Waals surface area (Å²) in [6, 6.07) is 5.66. The zero-order valence-electron chi connectivity index (χ0n) is 12.3. The van der Waals surface area contributed by atoms with E-state index >= 15 is 0 Å². The summed E-state index contributed by atoms with van der Waals surface area (Å²) >= 11 is 6.04. The summed E-state index contributed by atoms with van der Waals surface area (Å²) in [5.74, 6) is 1.44. The maximum absolute atomic E-state index is 6.04. The molecule has 0 aromatic heterocycles. The molecule has 1 aromatic rings. The largest absolute Gasteiger partial charge is 0.494 e. The van der Waals surface area contributed by atoms with Gasteiger partial charge in [0.2, 0.25) is 0 Å². The highest BCUT2D eigenvalue weighted by atomic mass is 35.5. The van der Waals surface area contributed by atoms with Gasteiger partial charge in [0.1, 0.15) is 5.75 Å². The molecule has 0 bridgehead atoms. The van der Waals surface area contributed by atoms with Gasteiger partial charge in [0.05, 0.1) is 19.8 Å². The van der Waals surface area contributed by atoms with Gasteiger partial charge in [-0.2, -0.15) is 0 Å². The molecular weight excluding hydrogens is 290 g/mol. The van der Waals surface area contributed by atoms with Crippen molar-refractivity contribution in [3.63, 3.8) is 0 Å². The van der Waals surface area contributed by atoms with E-state index in [0.717, 1.165) is 30.8 Å². The third kappa shape index (κ3) is 4.79.